The maximum absolute atomic E-state index is 12.0. The third kappa shape index (κ3) is 3.57. The highest BCUT2D eigenvalue weighted by Crippen LogP contribution is 2.25. The van der Waals surface area contributed by atoms with Crippen molar-refractivity contribution in [3.8, 4) is 0 Å². The highest BCUT2D eigenvalue weighted by molar-refractivity contribution is 5.94. The largest absolute Gasteiger partial charge is 0.352 e. The first kappa shape index (κ1) is 14.1. The summed E-state index contributed by atoms with van der Waals surface area (Å²) in [6.45, 7) is 7.25. The van der Waals surface area contributed by atoms with Gasteiger partial charge in [0, 0.05) is 18.2 Å². The van der Waals surface area contributed by atoms with Crippen molar-refractivity contribution in [1.82, 2.24) is 5.32 Å². The fraction of sp³-hybridized carbons (Fsp3) is 0.562. The molecule has 0 radical (unpaired) electrons. The van der Waals surface area contributed by atoms with Gasteiger partial charge in [-0.25, -0.2) is 0 Å². The molecule has 1 fully saturated rings. The Labute approximate surface area is 115 Å². The Kier molecular flexibility index (Phi) is 3.95. The van der Waals surface area contributed by atoms with Gasteiger partial charge in [0.1, 0.15) is 0 Å². The van der Waals surface area contributed by atoms with Gasteiger partial charge in [-0.3, -0.25) is 4.79 Å². The van der Waals surface area contributed by atoms with E-state index >= 15 is 0 Å². The predicted molar refractivity (Wildman–Crippen MR) is 78.2 cm³/mol. The van der Waals surface area contributed by atoms with E-state index in [4.69, 9.17) is 5.73 Å². The summed E-state index contributed by atoms with van der Waals surface area (Å²) in [7, 11) is 0. The monoisotopic (exact) mass is 260 g/mol. The number of nitrogens with two attached hydrogens (primary N) is 1. The highest BCUT2D eigenvalue weighted by Gasteiger charge is 2.26. The Hall–Kier alpha value is -1.35. The molecule has 1 saturated carbocycles. The van der Waals surface area contributed by atoms with Crippen molar-refractivity contribution >= 4 is 5.91 Å². The van der Waals surface area contributed by atoms with Crippen molar-refractivity contribution in [3.05, 3.63) is 35.4 Å². The molecule has 0 aliphatic heterocycles. The molecule has 0 heterocycles. The number of amides is 1. The van der Waals surface area contributed by atoms with Crippen LogP contribution in [0.4, 0.5) is 0 Å². The van der Waals surface area contributed by atoms with Crippen LogP contribution < -0.4 is 11.1 Å². The molecule has 0 saturated heterocycles. The Bertz CT molecular complexity index is 439. The Morgan fingerprint density at radius 1 is 1.26 bits per heavy atom. The van der Waals surface area contributed by atoms with E-state index < -0.39 is 0 Å². The average molecular weight is 260 g/mol. The summed E-state index contributed by atoms with van der Waals surface area (Å²) in [5, 5.41) is 2.99. The second-order valence-electron chi connectivity index (χ2n) is 6.63. The first-order valence-corrected chi connectivity index (χ1v) is 7.00. The van der Waals surface area contributed by atoms with Gasteiger partial charge in [-0.1, -0.05) is 32.9 Å². The van der Waals surface area contributed by atoms with Crippen LogP contribution in [0, 0.1) is 5.92 Å². The topological polar surface area (TPSA) is 55.1 Å². The van der Waals surface area contributed by atoms with Gasteiger partial charge >= 0.3 is 0 Å². The maximum Gasteiger partial charge on any atom is 0.251 e. The molecule has 0 aromatic heterocycles. The lowest BCUT2D eigenvalue weighted by Gasteiger charge is -2.32. The summed E-state index contributed by atoms with van der Waals surface area (Å²) in [5.74, 6) is 0.578. The third-order valence-corrected chi connectivity index (χ3v) is 3.84. The summed E-state index contributed by atoms with van der Waals surface area (Å²) in [6, 6.07) is 8.22. The molecule has 19 heavy (non-hydrogen) atoms. The van der Waals surface area contributed by atoms with Crippen LogP contribution in [-0.2, 0) is 5.41 Å². The number of benzene rings is 1. The van der Waals surface area contributed by atoms with E-state index in [0.29, 0.717) is 12.0 Å². The maximum atomic E-state index is 12.0. The Morgan fingerprint density at radius 3 is 2.32 bits per heavy atom. The van der Waals surface area contributed by atoms with Gasteiger partial charge in [0.15, 0.2) is 0 Å². The van der Waals surface area contributed by atoms with Gasteiger partial charge in [-0.15, -0.1) is 0 Å². The van der Waals surface area contributed by atoms with E-state index in [-0.39, 0.29) is 11.3 Å². The molecule has 0 spiro atoms. The molecule has 3 nitrogen and oxygen atoms in total. The first-order chi connectivity index (χ1) is 8.86. The highest BCUT2D eigenvalue weighted by atomic mass is 16.1. The van der Waals surface area contributed by atoms with Gasteiger partial charge in [-0.2, -0.15) is 0 Å². The summed E-state index contributed by atoms with van der Waals surface area (Å²) in [6.07, 6.45) is 2.06. The molecule has 104 valence electrons. The summed E-state index contributed by atoms with van der Waals surface area (Å²) in [4.78, 5) is 12.0. The van der Waals surface area contributed by atoms with Crippen molar-refractivity contribution in [2.24, 2.45) is 11.7 Å². The fourth-order valence-electron chi connectivity index (χ4n) is 2.41. The lowest BCUT2D eigenvalue weighted by Crippen LogP contribution is -2.42. The molecule has 1 aromatic rings. The number of rotatable bonds is 3. The van der Waals surface area contributed by atoms with Gasteiger partial charge < -0.3 is 11.1 Å². The average Bonchev–Trinajstić information content (AvgIpc) is 2.32. The third-order valence-electron chi connectivity index (χ3n) is 3.84. The molecule has 0 atom stereocenters. The molecular formula is C16H24N2O. The van der Waals surface area contributed by atoms with Crippen LogP contribution in [0.2, 0.25) is 0 Å². The van der Waals surface area contributed by atoms with Gasteiger partial charge in [0.25, 0.3) is 5.91 Å². The number of hydrogen-bond acceptors (Lipinski definition) is 2. The second kappa shape index (κ2) is 5.33. The number of carbonyl (C=O) groups is 1. The minimum atomic E-state index is 0.0148. The molecular weight excluding hydrogens is 236 g/mol. The van der Waals surface area contributed by atoms with E-state index in [1.165, 1.54) is 5.56 Å². The molecule has 2 rings (SSSR count). The van der Waals surface area contributed by atoms with Crippen LogP contribution in [0.1, 0.15) is 49.5 Å². The van der Waals surface area contributed by atoms with E-state index in [1.54, 1.807) is 0 Å². The number of hydrogen-bond donors (Lipinski definition) is 2. The van der Waals surface area contributed by atoms with Gasteiger partial charge in [-0.05, 0) is 41.9 Å². The zero-order valence-electron chi connectivity index (χ0n) is 12.1. The zero-order valence-corrected chi connectivity index (χ0v) is 12.1. The lowest BCUT2D eigenvalue weighted by molar-refractivity contribution is 0.0935. The van der Waals surface area contributed by atoms with Gasteiger partial charge in [0.2, 0.25) is 0 Å². The van der Waals surface area contributed by atoms with Crippen molar-refractivity contribution in [1.29, 1.82) is 0 Å². The molecule has 0 bridgehead atoms. The summed E-state index contributed by atoms with van der Waals surface area (Å²) >= 11 is 0. The normalized spacial score (nSPS) is 22.7. The standard InChI is InChI=1S/C16H24N2O/c1-16(2,3)13-6-4-12(5-7-13)15(19)18-10-11-8-14(17)9-11/h4-7,11,14H,8-10,17H2,1-3H3,(H,18,19). The smallest absolute Gasteiger partial charge is 0.251 e. The Morgan fingerprint density at radius 2 is 1.84 bits per heavy atom. The van der Waals surface area contributed by atoms with Crippen molar-refractivity contribution < 1.29 is 4.79 Å². The quantitative estimate of drug-likeness (QED) is 0.877. The van der Waals surface area contributed by atoms with Crippen LogP contribution in [-0.4, -0.2) is 18.5 Å². The Balaban J connectivity index is 1.89. The molecule has 3 N–H and O–H groups in total. The van der Waals surface area contributed by atoms with Crippen molar-refractivity contribution in [3.63, 3.8) is 0 Å². The summed E-state index contributed by atoms with van der Waals surface area (Å²) < 4.78 is 0. The van der Waals surface area contributed by atoms with Crippen LogP contribution in [0.15, 0.2) is 24.3 Å². The fourth-order valence-corrected chi connectivity index (χ4v) is 2.41. The molecule has 1 aromatic carbocycles. The molecule has 0 unspecified atom stereocenters. The van der Waals surface area contributed by atoms with E-state index in [9.17, 15) is 4.79 Å². The SMILES string of the molecule is CC(C)(C)c1ccc(C(=O)NCC2CC(N)C2)cc1. The minimum absolute atomic E-state index is 0.0148. The lowest BCUT2D eigenvalue weighted by atomic mass is 9.81. The van der Waals surface area contributed by atoms with Crippen LogP contribution in [0.3, 0.4) is 0 Å². The van der Waals surface area contributed by atoms with E-state index in [2.05, 4.69) is 26.1 Å². The predicted octanol–water partition coefficient (Wildman–Crippen LogP) is 2.45. The van der Waals surface area contributed by atoms with Crippen LogP contribution >= 0.6 is 0 Å². The van der Waals surface area contributed by atoms with Gasteiger partial charge in [0.05, 0.1) is 0 Å². The minimum Gasteiger partial charge on any atom is -0.352 e. The van der Waals surface area contributed by atoms with E-state index in [1.807, 2.05) is 24.3 Å². The number of carbonyl (C=O) groups excluding carboxylic acids is 1. The van der Waals surface area contributed by atoms with Crippen molar-refractivity contribution in [2.45, 2.75) is 45.1 Å². The summed E-state index contributed by atoms with van der Waals surface area (Å²) in [5.41, 5.74) is 7.83. The molecule has 3 heteroatoms. The van der Waals surface area contributed by atoms with Crippen molar-refractivity contribution in [2.75, 3.05) is 6.54 Å². The van der Waals surface area contributed by atoms with E-state index in [0.717, 1.165) is 24.9 Å². The molecule has 1 aliphatic rings. The first-order valence-electron chi connectivity index (χ1n) is 7.00. The molecule has 1 aliphatic carbocycles. The number of nitrogens with one attached hydrogen (secondary N) is 1. The zero-order chi connectivity index (χ0) is 14.0. The van der Waals surface area contributed by atoms with Crippen LogP contribution in [0.25, 0.3) is 0 Å². The van der Waals surface area contributed by atoms with Crippen LogP contribution in [0.5, 0.6) is 0 Å². The second-order valence-corrected chi connectivity index (χ2v) is 6.63. The molecule has 1 amide bonds.